The lowest BCUT2D eigenvalue weighted by molar-refractivity contribution is -0.139. The second kappa shape index (κ2) is 6.65. The van der Waals surface area contributed by atoms with Gasteiger partial charge in [0.25, 0.3) is 0 Å². The van der Waals surface area contributed by atoms with Crippen LogP contribution in [0.4, 0.5) is 0 Å². The lowest BCUT2D eigenvalue weighted by atomic mass is 10.1. The van der Waals surface area contributed by atoms with E-state index in [9.17, 15) is 13.2 Å². The molecule has 0 fully saturated rings. The van der Waals surface area contributed by atoms with Crippen molar-refractivity contribution in [2.24, 2.45) is 0 Å². The molecule has 2 heterocycles. The van der Waals surface area contributed by atoms with Crippen LogP contribution in [0.5, 0.6) is 0 Å². The number of hydrogen-bond donors (Lipinski definition) is 0. The van der Waals surface area contributed by atoms with E-state index < -0.39 is 9.84 Å². The molecule has 25 heavy (non-hydrogen) atoms. The monoisotopic (exact) mass is 377 g/mol. The number of carbonyl (C=O) groups is 1. The van der Waals surface area contributed by atoms with E-state index in [0.717, 1.165) is 27.0 Å². The third-order valence-electron chi connectivity index (χ3n) is 4.30. The van der Waals surface area contributed by atoms with Crippen LogP contribution in [0.15, 0.2) is 40.6 Å². The van der Waals surface area contributed by atoms with Gasteiger partial charge in [0.05, 0.1) is 18.4 Å². The van der Waals surface area contributed by atoms with Crippen LogP contribution in [-0.2, 0) is 32.3 Å². The molecule has 132 valence electrons. The summed E-state index contributed by atoms with van der Waals surface area (Å²) in [5.74, 6) is -0.258. The van der Waals surface area contributed by atoms with Crippen LogP contribution < -0.4 is 0 Å². The number of fused-ring (bicyclic) bond motifs is 1. The Morgan fingerprint density at radius 2 is 1.88 bits per heavy atom. The smallest absolute Gasteiger partial charge is 0.310 e. The Hall–Kier alpha value is -2.12. The van der Waals surface area contributed by atoms with Crippen molar-refractivity contribution < 1.29 is 17.9 Å². The first-order chi connectivity index (χ1) is 11.8. The maximum atomic E-state index is 11.7. The molecule has 0 bridgehead atoms. The van der Waals surface area contributed by atoms with Gasteiger partial charge in [0.1, 0.15) is 4.83 Å². The first-order valence-corrected chi connectivity index (χ1v) is 10.5. The molecule has 5 nitrogen and oxygen atoms in total. The maximum absolute atomic E-state index is 11.7. The molecule has 3 aromatic rings. The third-order valence-corrected chi connectivity index (χ3v) is 6.36. The highest BCUT2D eigenvalue weighted by Gasteiger charge is 2.18. The molecule has 2 aromatic heterocycles. The Morgan fingerprint density at radius 1 is 1.20 bits per heavy atom. The zero-order chi connectivity index (χ0) is 18.2. The Balaban J connectivity index is 1.98. The summed E-state index contributed by atoms with van der Waals surface area (Å²) >= 11 is 1.63. The minimum atomic E-state index is -3.19. The molecule has 0 saturated heterocycles. The van der Waals surface area contributed by atoms with Gasteiger partial charge >= 0.3 is 5.97 Å². The van der Waals surface area contributed by atoms with Gasteiger partial charge in [-0.1, -0.05) is 12.1 Å². The summed E-state index contributed by atoms with van der Waals surface area (Å²) in [6, 6.07) is 8.94. The predicted octanol–water partition coefficient (Wildman–Crippen LogP) is 3.18. The van der Waals surface area contributed by atoms with E-state index in [1.807, 2.05) is 30.5 Å². The van der Waals surface area contributed by atoms with E-state index in [2.05, 4.69) is 4.57 Å². The summed E-state index contributed by atoms with van der Waals surface area (Å²) in [6.45, 7) is 2.62. The van der Waals surface area contributed by atoms with E-state index in [0.29, 0.717) is 11.4 Å². The van der Waals surface area contributed by atoms with Gasteiger partial charge in [0.15, 0.2) is 9.84 Å². The number of thiophene rings is 1. The second-order valence-corrected chi connectivity index (χ2v) is 8.87. The number of benzene rings is 1. The summed E-state index contributed by atoms with van der Waals surface area (Å²) < 4.78 is 30.1. The van der Waals surface area contributed by atoms with Crippen LogP contribution in [0.2, 0.25) is 0 Å². The normalized spacial score (nSPS) is 11.8. The van der Waals surface area contributed by atoms with Crippen molar-refractivity contribution >= 4 is 37.4 Å². The van der Waals surface area contributed by atoms with Crippen LogP contribution in [0.25, 0.3) is 10.2 Å². The first-order valence-electron chi connectivity index (χ1n) is 7.72. The van der Waals surface area contributed by atoms with Crippen molar-refractivity contribution in [1.82, 2.24) is 4.57 Å². The molecule has 0 N–H and O–H groups in total. The Morgan fingerprint density at radius 3 is 2.48 bits per heavy atom. The van der Waals surface area contributed by atoms with E-state index in [-0.39, 0.29) is 12.4 Å². The Labute approximate surface area is 150 Å². The molecule has 0 saturated carbocycles. The van der Waals surface area contributed by atoms with Crippen molar-refractivity contribution in [2.45, 2.75) is 24.8 Å². The van der Waals surface area contributed by atoms with Gasteiger partial charge in [-0.15, -0.1) is 11.3 Å². The minimum absolute atomic E-state index is 0.246. The summed E-state index contributed by atoms with van der Waals surface area (Å²) in [5.41, 5.74) is 3.01. The van der Waals surface area contributed by atoms with Crippen LogP contribution in [-0.4, -0.2) is 32.3 Å². The average molecular weight is 377 g/mol. The molecule has 7 heteroatoms. The van der Waals surface area contributed by atoms with Crippen molar-refractivity contribution in [1.29, 1.82) is 0 Å². The number of carbonyl (C=O) groups excluding carboxylic acids is 1. The molecule has 0 atom stereocenters. The van der Waals surface area contributed by atoms with Crippen LogP contribution >= 0.6 is 11.3 Å². The molecule has 0 unspecified atom stereocenters. The Bertz CT molecular complexity index is 1030. The van der Waals surface area contributed by atoms with Gasteiger partial charge in [-0.3, -0.25) is 4.79 Å². The molecule has 0 aliphatic heterocycles. The summed E-state index contributed by atoms with van der Waals surface area (Å²) in [6.07, 6.45) is 1.45. The van der Waals surface area contributed by atoms with E-state index in [1.54, 1.807) is 23.5 Å². The fraction of sp³-hybridized carbons (Fsp3) is 0.278. The number of methoxy groups -OCH3 is 1. The largest absolute Gasteiger partial charge is 0.469 e. The number of rotatable bonds is 5. The molecule has 0 radical (unpaired) electrons. The van der Waals surface area contributed by atoms with E-state index in [4.69, 9.17) is 4.74 Å². The van der Waals surface area contributed by atoms with Gasteiger partial charge in [0, 0.05) is 23.9 Å². The SMILES string of the molecule is COC(=O)Cc1c(C)n(Cc2ccc(S(C)(=O)=O)cc2)c2sccc12. The zero-order valence-corrected chi connectivity index (χ0v) is 15.9. The Kier molecular flexibility index (Phi) is 4.71. The number of hydrogen-bond acceptors (Lipinski definition) is 5. The number of esters is 1. The summed E-state index contributed by atoms with van der Waals surface area (Å²) in [5, 5.41) is 3.08. The quantitative estimate of drug-likeness (QED) is 0.641. The summed E-state index contributed by atoms with van der Waals surface area (Å²) in [7, 11) is -1.80. The van der Waals surface area contributed by atoms with E-state index >= 15 is 0 Å². The molecule has 3 rings (SSSR count). The van der Waals surface area contributed by atoms with Gasteiger partial charge in [-0.2, -0.15) is 0 Å². The number of ether oxygens (including phenoxy) is 1. The van der Waals surface area contributed by atoms with Gasteiger partial charge < -0.3 is 9.30 Å². The number of sulfone groups is 1. The molecule has 1 aromatic carbocycles. The van der Waals surface area contributed by atoms with E-state index in [1.165, 1.54) is 13.4 Å². The topological polar surface area (TPSA) is 65.4 Å². The lowest BCUT2D eigenvalue weighted by Gasteiger charge is -2.09. The fourth-order valence-electron chi connectivity index (χ4n) is 2.90. The van der Waals surface area contributed by atoms with Gasteiger partial charge in [0.2, 0.25) is 0 Å². The zero-order valence-electron chi connectivity index (χ0n) is 14.3. The molecular formula is C18H19NO4S2. The first kappa shape index (κ1) is 17.7. The fourth-order valence-corrected chi connectivity index (χ4v) is 4.52. The third kappa shape index (κ3) is 3.48. The maximum Gasteiger partial charge on any atom is 0.310 e. The highest BCUT2D eigenvalue weighted by atomic mass is 32.2. The lowest BCUT2D eigenvalue weighted by Crippen LogP contribution is -2.07. The van der Waals surface area contributed by atoms with Crippen molar-refractivity contribution in [3.8, 4) is 0 Å². The highest BCUT2D eigenvalue weighted by Crippen LogP contribution is 2.31. The van der Waals surface area contributed by atoms with Crippen molar-refractivity contribution in [3.05, 3.63) is 52.5 Å². The van der Waals surface area contributed by atoms with Crippen molar-refractivity contribution in [2.75, 3.05) is 13.4 Å². The molecule has 0 amide bonds. The number of aromatic nitrogens is 1. The van der Waals surface area contributed by atoms with Gasteiger partial charge in [-0.25, -0.2) is 8.42 Å². The average Bonchev–Trinajstić information content (AvgIpc) is 3.12. The highest BCUT2D eigenvalue weighted by molar-refractivity contribution is 7.90. The summed E-state index contributed by atoms with van der Waals surface area (Å²) in [4.78, 5) is 13.1. The molecule has 0 aliphatic carbocycles. The number of nitrogens with zero attached hydrogens (tertiary/aromatic N) is 1. The van der Waals surface area contributed by atoms with Crippen LogP contribution in [0, 0.1) is 6.92 Å². The second-order valence-electron chi connectivity index (χ2n) is 5.96. The minimum Gasteiger partial charge on any atom is -0.469 e. The van der Waals surface area contributed by atoms with Crippen molar-refractivity contribution in [3.63, 3.8) is 0 Å². The predicted molar refractivity (Wildman–Crippen MR) is 98.9 cm³/mol. The molecular weight excluding hydrogens is 358 g/mol. The molecule has 0 spiro atoms. The van der Waals surface area contributed by atoms with Crippen LogP contribution in [0.3, 0.4) is 0 Å². The van der Waals surface area contributed by atoms with Gasteiger partial charge in [-0.05, 0) is 41.6 Å². The standard InChI is InChI=1S/C18H19NO4S2/c1-12-16(10-17(20)23-2)15-8-9-24-18(15)19(12)11-13-4-6-14(7-5-13)25(3,21)22/h4-9H,10-11H2,1-3H3. The molecule has 0 aliphatic rings. The van der Waals surface area contributed by atoms with Crippen LogP contribution in [0.1, 0.15) is 16.8 Å².